The van der Waals surface area contributed by atoms with Crippen LogP contribution in [0.5, 0.6) is 0 Å². The summed E-state index contributed by atoms with van der Waals surface area (Å²) in [6.07, 6.45) is 0. The van der Waals surface area contributed by atoms with Crippen LogP contribution < -0.4 is 0 Å². The smallest absolute Gasteiger partial charge is 0.159 e. The molecule has 0 saturated carbocycles. The van der Waals surface area contributed by atoms with E-state index in [1.165, 1.54) is 121 Å². The topological polar surface area (TPSA) is 40.6 Å². The minimum atomic E-state index is 0.718. The maximum absolute atomic E-state index is 5.16. The van der Waals surface area contributed by atoms with Gasteiger partial charge in [-0.25, -0.2) is 9.97 Å². The van der Waals surface area contributed by atoms with Crippen LogP contribution in [0.15, 0.2) is 152 Å². The lowest BCUT2D eigenvalue weighted by atomic mass is 9.90. The number of aryl methyl sites for hydroxylation is 8. The highest BCUT2D eigenvalue weighted by Crippen LogP contribution is 2.49. The van der Waals surface area contributed by atoms with Crippen LogP contribution in [0.1, 0.15) is 67.0 Å². The van der Waals surface area contributed by atoms with Gasteiger partial charge in [0.05, 0.1) is 38.8 Å². The number of aromatic nitrogens is 5. The summed E-state index contributed by atoms with van der Waals surface area (Å²) in [5.41, 5.74) is 31.1. The van der Waals surface area contributed by atoms with Crippen molar-refractivity contribution in [2.24, 2.45) is 0 Å². The largest absolute Gasteiger partial charge is 0.309 e. The fourth-order valence-corrected chi connectivity index (χ4v) is 12.7. The van der Waals surface area contributed by atoms with Gasteiger partial charge in [0.15, 0.2) is 5.82 Å². The number of hydrogen-bond acceptors (Lipinski definition) is 2. The highest BCUT2D eigenvalue weighted by Gasteiger charge is 2.28. The van der Waals surface area contributed by atoms with Gasteiger partial charge in [0.1, 0.15) is 0 Å². The number of benzene rings is 9. The van der Waals surface area contributed by atoms with Crippen molar-refractivity contribution < 1.29 is 0 Å². The Morgan fingerprint density at radius 2 is 0.693 bits per heavy atom. The molecule has 0 radical (unpaired) electrons. The molecule has 0 N–H and O–H groups in total. The maximum atomic E-state index is 5.16. The SMILES string of the molecule is Cc1ccc2c(c1)c1ccccc1n2-c1ccc(-c2cc(-c3nc(C)cc(C)n3)cc(-c3ccc(-n4c5ccccc5c5cc(C)ccc54)cc3)c2-n2c3c(C)c(C)c(C)c(C)c3c3c(C)c(C)c(C)c(C)c32)cc1. The summed E-state index contributed by atoms with van der Waals surface area (Å²) in [7, 11) is 0. The standard InChI is InChI=1S/C70H61N5/c1-38-21-31-63-59(33-38)55-17-13-15-19-61(55)73(63)53-27-23-50(24-28-53)57-36-52(70-71-40(3)35-41(4)72-70)37-58(51-25-29-54(30-26-51)74-62-20-16-14-18-56(62)60-34-39(2)22-32-64(60)74)69(57)75-67-48(11)44(7)42(5)46(9)65(67)66-47(10)43(6)45(8)49(12)68(66)75/h13-37H,1-12H3. The molecule has 75 heavy (non-hydrogen) atoms. The van der Waals surface area contributed by atoms with Crippen molar-refractivity contribution in [1.29, 1.82) is 0 Å². The van der Waals surface area contributed by atoms with Crippen molar-refractivity contribution in [3.63, 3.8) is 0 Å². The molecule has 5 nitrogen and oxygen atoms in total. The Labute approximate surface area is 439 Å². The highest BCUT2D eigenvalue weighted by atomic mass is 15.0. The Morgan fingerprint density at radius 3 is 1.12 bits per heavy atom. The van der Waals surface area contributed by atoms with Crippen LogP contribution >= 0.6 is 0 Å². The molecule has 0 bridgehead atoms. The molecule has 0 amide bonds. The average Bonchev–Trinajstić information content (AvgIpc) is 4.06. The first-order chi connectivity index (χ1) is 36.2. The predicted molar refractivity (Wildman–Crippen MR) is 318 cm³/mol. The zero-order valence-corrected chi connectivity index (χ0v) is 45.2. The Kier molecular flexibility index (Phi) is 10.5. The van der Waals surface area contributed by atoms with Gasteiger partial charge in [-0.1, -0.05) is 83.9 Å². The van der Waals surface area contributed by atoms with Gasteiger partial charge in [-0.05, 0) is 218 Å². The molecule has 0 unspecified atom stereocenters. The van der Waals surface area contributed by atoms with Crippen molar-refractivity contribution in [3.8, 4) is 50.7 Å². The molecule has 0 atom stereocenters. The fourth-order valence-electron chi connectivity index (χ4n) is 12.7. The molecule has 0 fully saturated rings. The van der Waals surface area contributed by atoms with Gasteiger partial charge in [0.2, 0.25) is 0 Å². The first-order valence-electron chi connectivity index (χ1n) is 26.4. The summed E-state index contributed by atoms with van der Waals surface area (Å²) in [4.78, 5) is 10.3. The predicted octanol–water partition coefficient (Wildman–Crippen LogP) is 18.5. The molecule has 4 heterocycles. The van der Waals surface area contributed by atoms with Crippen molar-refractivity contribution in [1.82, 2.24) is 23.7 Å². The Morgan fingerprint density at radius 1 is 0.307 bits per heavy atom. The molecule has 0 aliphatic heterocycles. The van der Waals surface area contributed by atoms with Gasteiger partial charge in [0.25, 0.3) is 0 Å². The van der Waals surface area contributed by atoms with E-state index in [1.807, 2.05) is 0 Å². The molecular weight excluding hydrogens is 911 g/mol. The quantitative estimate of drug-likeness (QED) is 0.167. The summed E-state index contributed by atoms with van der Waals surface area (Å²) >= 11 is 0. The molecule has 5 heteroatoms. The van der Waals surface area contributed by atoms with Crippen molar-refractivity contribution in [2.45, 2.75) is 83.1 Å². The third kappa shape index (κ3) is 6.90. The molecule has 9 aromatic carbocycles. The first kappa shape index (κ1) is 46.3. The molecule has 13 rings (SSSR count). The van der Waals surface area contributed by atoms with Crippen LogP contribution in [-0.2, 0) is 0 Å². The van der Waals surface area contributed by atoms with Crippen molar-refractivity contribution in [3.05, 3.63) is 219 Å². The summed E-state index contributed by atoms with van der Waals surface area (Å²) in [5, 5.41) is 7.71. The lowest BCUT2D eigenvalue weighted by Crippen LogP contribution is -2.06. The molecule has 13 aromatic rings. The maximum Gasteiger partial charge on any atom is 0.159 e. The summed E-state index contributed by atoms with van der Waals surface area (Å²) in [5.74, 6) is 0.718. The van der Waals surface area contributed by atoms with Crippen LogP contribution in [0.2, 0.25) is 0 Å². The number of hydrogen-bond donors (Lipinski definition) is 0. The molecule has 0 aliphatic carbocycles. The second kappa shape index (κ2) is 17.0. The minimum absolute atomic E-state index is 0.718. The van der Waals surface area contributed by atoms with Gasteiger partial charge >= 0.3 is 0 Å². The van der Waals surface area contributed by atoms with E-state index in [0.29, 0.717) is 0 Å². The molecule has 0 spiro atoms. The summed E-state index contributed by atoms with van der Waals surface area (Å²) < 4.78 is 7.50. The second-order valence-corrected chi connectivity index (χ2v) is 21.5. The average molecular weight is 972 g/mol. The second-order valence-electron chi connectivity index (χ2n) is 21.5. The third-order valence-electron chi connectivity index (χ3n) is 17.1. The Hall–Kier alpha value is -8.54. The van der Waals surface area contributed by atoms with Crippen LogP contribution in [0.25, 0.3) is 116 Å². The molecule has 0 aliphatic rings. The lowest BCUT2D eigenvalue weighted by Gasteiger charge is -2.23. The normalized spacial score (nSPS) is 12.0. The van der Waals surface area contributed by atoms with E-state index in [0.717, 1.165) is 62.1 Å². The van der Waals surface area contributed by atoms with E-state index in [2.05, 4.69) is 248 Å². The molecule has 366 valence electrons. The number of para-hydroxylation sites is 2. The van der Waals surface area contributed by atoms with Crippen molar-refractivity contribution in [2.75, 3.05) is 0 Å². The van der Waals surface area contributed by atoms with Gasteiger partial charge in [-0.2, -0.15) is 0 Å². The molecular formula is C70H61N5. The molecule has 0 saturated heterocycles. The van der Waals surface area contributed by atoms with Crippen LogP contribution in [-0.4, -0.2) is 23.7 Å². The number of rotatable bonds is 6. The Bertz CT molecular complexity index is 4290. The zero-order chi connectivity index (χ0) is 51.9. The minimum Gasteiger partial charge on any atom is -0.309 e. The summed E-state index contributed by atoms with van der Waals surface area (Å²) in [6, 6.07) is 56.6. The number of fused-ring (bicyclic) bond motifs is 9. The van der Waals surface area contributed by atoms with Gasteiger partial charge < -0.3 is 13.7 Å². The lowest BCUT2D eigenvalue weighted by molar-refractivity contribution is 1.06. The third-order valence-corrected chi connectivity index (χ3v) is 17.1. The van der Waals surface area contributed by atoms with Gasteiger partial charge in [-0.15, -0.1) is 0 Å². The zero-order valence-electron chi connectivity index (χ0n) is 45.2. The summed E-state index contributed by atoms with van der Waals surface area (Å²) in [6.45, 7) is 27.1. The Balaban J connectivity index is 1.15. The van der Waals surface area contributed by atoms with Gasteiger partial charge in [0, 0.05) is 71.8 Å². The van der Waals surface area contributed by atoms with Crippen LogP contribution in [0.4, 0.5) is 0 Å². The van der Waals surface area contributed by atoms with E-state index in [4.69, 9.17) is 9.97 Å². The van der Waals surface area contributed by atoms with E-state index in [1.54, 1.807) is 0 Å². The van der Waals surface area contributed by atoms with Gasteiger partial charge in [-0.3, -0.25) is 0 Å². The van der Waals surface area contributed by atoms with Crippen molar-refractivity contribution >= 4 is 65.4 Å². The van der Waals surface area contributed by atoms with E-state index in [-0.39, 0.29) is 0 Å². The fraction of sp³-hybridized carbons (Fsp3) is 0.171. The van der Waals surface area contributed by atoms with E-state index in [9.17, 15) is 0 Å². The first-order valence-corrected chi connectivity index (χ1v) is 26.4. The monoisotopic (exact) mass is 971 g/mol. The number of nitrogens with zero attached hydrogens (tertiary/aromatic N) is 5. The van der Waals surface area contributed by atoms with E-state index < -0.39 is 0 Å². The van der Waals surface area contributed by atoms with Crippen LogP contribution in [0, 0.1) is 83.1 Å². The highest BCUT2D eigenvalue weighted by molar-refractivity contribution is 6.17. The van der Waals surface area contributed by atoms with Crippen LogP contribution in [0.3, 0.4) is 0 Å². The molecule has 4 aromatic heterocycles. The van der Waals surface area contributed by atoms with E-state index >= 15 is 0 Å².